The first-order valence-corrected chi connectivity index (χ1v) is 16.5. The summed E-state index contributed by atoms with van der Waals surface area (Å²) in [6, 6.07) is 15.5. The molecule has 0 bridgehead atoms. The second-order valence-electron chi connectivity index (χ2n) is 12.5. The maximum absolute atomic E-state index is 14.9. The SMILES string of the molecule is CC(C)(C)N1CCC(n2cc([C@@H](Nc3cc(Cl)c4ncc(C#N)c(Nc5cc(Cl)c(Cl)cc5F)c4c3)c3ccc(Cl)cc3)nn2)CC1. The highest BCUT2D eigenvalue weighted by molar-refractivity contribution is 6.42. The maximum Gasteiger partial charge on any atom is 0.148 e. The van der Waals surface area contributed by atoms with E-state index in [1.165, 1.54) is 12.3 Å². The van der Waals surface area contributed by atoms with Gasteiger partial charge in [-0.25, -0.2) is 9.07 Å². The minimum absolute atomic E-state index is 0.0434. The van der Waals surface area contributed by atoms with Gasteiger partial charge in [0.25, 0.3) is 0 Å². The molecule has 3 aromatic carbocycles. The van der Waals surface area contributed by atoms with E-state index >= 15 is 0 Å². The van der Waals surface area contributed by atoms with E-state index in [0.29, 0.717) is 38.0 Å². The molecule has 13 heteroatoms. The van der Waals surface area contributed by atoms with Crippen LogP contribution in [0.15, 0.2) is 60.9 Å². The van der Waals surface area contributed by atoms with Crippen molar-refractivity contribution in [1.29, 1.82) is 5.26 Å². The number of piperidine rings is 1. The summed E-state index contributed by atoms with van der Waals surface area (Å²) < 4.78 is 16.9. The van der Waals surface area contributed by atoms with E-state index in [4.69, 9.17) is 46.4 Å². The van der Waals surface area contributed by atoms with Crippen molar-refractivity contribution in [2.75, 3.05) is 23.7 Å². The summed E-state index contributed by atoms with van der Waals surface area (Å²) in [6.07, 6.45) is 5.33. The Bertz CT molecular complexity index is 1980. The van der Waals surface area contributed by atoms with Crippen molar-refractivity contribution in [2.24, 2.45) is 0 Å². The Labute approximate surface area is 292 Å². The molecule has 6 rings (SSSR count). The Morgan fingerprint density at radius 1 is 0.979 bits per heavy atom. The number of halogens is 5. The molecule has 2 N–H and O–H groups in total. The van der Waals surface area contributed by atoms with Crippen LogP contribution in [-0.4, -0.2) is 43.5 Å². The maximum atomic E-state index is 14.9. The van der Waals surface area contributed by atoms with Crippen LogP contribution < -0.4 is 10.6 Å². The minimum Gasteiger partial charge on any atom is -0.373 e. The van der Waals surface area contributed by atoms with Gasteiger partial charge in [0.1, 0.15) is 17.6 Å². The summed E-state index contributed by atoms with van der Waals surface area (Å²) in [4.78, 5) is 6.92. The van der Waals surface area contributed by atoms with Gasteiger partial charge in [-0.1, -0.05) is 63.7 Å². The number of rotatable bonds is 7. The first-order chi connectivity index (χ1) is 22.4. The average molecular weight is 712 g/mol. The largest absolute Gasteiger partial charge is 0.373 e. The number of fused-ring (bicyclic) bond motifs is 1. The lowest BCUT2D eigenvalue weighted by Crippen LogP contribution is -2.46. The lowest BCUT2D eigenvalue weighted by molar-refractivity contribution is 0.0866. The molecule has 242 valence electrons. The van der Waals surface area contributed by atoms with Gasteiger partial charge in [0.05, 0.1) is 55.8 Å². The van der Waals surface area contributed by atoms with Gasteiger partial charge in [-0.2, -0.15) is 5.26 Å². The first-order valence-electron chi connectivity index (χ1n) is 15.0. The average Bonchev–Trinajstić information content (AvgIpc) is 3.53. The molecule has 0 saturated carbocycles. The monoisotopic (exact) mass is 710 g/mol. The van der Waals surface area contributed by atoms with Crippen LogP contribution >= 0.6 is 46.4 Å². The number of pyridine rings is 1. The fraction of sp³-hybridized carbons (Fsp3) is 0.294. The molecule has 1 fully saturated rings. The van der Waals surface area contributed by atoms with Gasteiger partial charge in [-0.3, -0.25) is 9.88 Å². The fourth-order valence-electron chi connectivity index (χ4n) is 5.87. The standard InChI is InChI=1S/C34H31Cl4FN8/c1-34(2,3)46-10-8-23(9-11-46)47-18-30(44-45-47)32(19-4-6-21(35)7-5-19)42-22-12-24-31(20(16-40)17-41-33(24)27(38)13-22)43-29-15-26(37)25(36)14-28(29)39/h4-7,12-15,17-18,23,32,42H,8-11H2,1-3H3,(H,41,43)/t32-/m0/s1. The van der Waals surface area contributed by atoms with Crippen molar-refractivity contribution < 1.29 is 4.39 Å². The highest BCUT2D eigenvalue weighted by atomic mass is 35.5. The number of likely N-dealkylation sites (tertiary alicyclic amines) is 1. The van der Waals surface area contributed by atoms with Crippen molar-refractivity contribution in [1.82, 2.24) is 24.9 Å². The van der Waals surface area contributed by atoms with E-state index in [1.807, 2.05) is 41.2 Å². The number of nitriles is 1. The zero-order chi connectivity index (χ0) is 33.5. The third kappa shape index (κ3) is 7.13. The topological polar surface area (TPSA) is 94.7 Å². The second-order valence-corrected chi connectivity index (χ2v) is 14.2. The van der Waals surface area contributed by atoms with Crippen molar-refractivity contribution in [3.8, 4) is 6.07 Å². The van der Waals surface area contributed by atoms with Crippen molar-refractivity contribution in [3.05, 3.63) is 104 Å². The van der Waals surface area contributed by atoms with E-state index in [2.05, 4.69) is 57.7 Å². The molecule has 5 aromatic rings. The summed E-state index contributed by atoms with van der Waals surface area (Å²) in [5.41, 5.74) is 3.32. The molecule has 1 atom stereocenters. The smallest absolute Gasteiger partial charge is 0.148 e. The van der Waals surface area contributed by atoms with E-state index < -0.39 is 11.9 Å². The lowest BCUT2D eigenvalue weighted by Gasteiger charge is -2.40. The van der Waals surface area contributed by atoms with Crippen molar-refractivity contribution in [2.45, 2.75) is 51.2 Å². The van der Waals surface area contributed by atoms with Gasteiger partial charge in [0.15, 0.2) is 0 Å². The Morgan fingerprint density at radius 3 is 2.36 bits per heavy atom. The van der Waals surface area contributed by atoms with Crippen LogP contribution in [-0.2, 0) is 0 Å². The number of hydrogen-bond donors (Lipinski definition) is 2. The van der Waals surface area contributed by atoms with Gasteiger partial charge in [-0.05, 0) is 75.6 Å². The molecule has 0 amide bonds. The highest BCUT2D eigenvalue weighted by Gasteiger charge is 2.29. The summed E-state index contributed by atoms with van der Waals surface area (Å²) in [6.45, 7) is 8.69. The Balaban J connectivity index is 1.37. The summed E-state index contributed by atoms with van der Waals surface area (Å²) >= 11 is 25.2. The van der Waals surface area contributed by atoms with Gasteiger partial charge >= 0.3 is 0 Å². The van der Waals surface area contributed by atoms with Gasteiger partial charge in [0.2, 0.25) is 0 Å². The number of anilines is 3. The Morgan fingerprint density at radius 2 is 1.68 bits per heavy atom. The minimum atomic E-state index is -0.636. The number of nitrogens with one attached hydrogen (secondary N) is 2. The molecule has 1 saturated heterocycles. The number of nitrogens with zero attached hydrogens (tertiary/aromatic N) is 6. The number of benzene rings is 3. The molecule has 3 heterocycles. The van der Waals surface area contributed by atoms with E-state index in [9.17, 15) is 9.65 Å². The Hall–Kier alpha value is -3.65. The van der Waals surface area contributed by atoms with Crippen LogP contribution in [0.4, 0.5) is 21.5 Å². The molecular weight excluding hydrogens is 681 g/mol. The van der Waals surface area contributed by atoms with Gasteiger partial charge in [0, 0.05) is 40.9 Å². The number of hydrogen-bond acceptors (Lipinski definition) is 7. The van der Waals surface area contributed by atoms with Crippen LogP contribution in [0.3, 0.4) is 0 Å². The molecule has 0 spiro atoms. The van der Waals surface area contributed by atoms with Crippen LogP contribution in [0, 0.1) is 17.1 Å². The molecule has 2 aromatic heterocycles. The first kappa shape index (κ1) is 33.3. The van der Waals surface area contributed by atoms with Crippen LogP contribution in [0.25, 0.3) is 10.9 Å². The normalized spacial score (nSPS) is 15.0. The fourth-order valence-corrected chi connectivity index (χ4v) is 6.58. The van der Waals surface area contributed by atoms with E-state index in [1.54, 1.807) is 6.07 Å². The lowest BCUT2D eigenvalue weighted by atomic mass is 9.98. The third-order valence-electron chi connectivity index (χ3n) is 8.44. The quantitative estimate of drug-likeness (QED) is 0.162. The third-order valence-corrected chi connectivity index (χ3v) is 9.70. The van der Waals surface area contributed by atoms with Gasteiger partial charge < -0.3 is 10.6 Å². The predicted molar refractivity (Wildman–Crippen MR) is 188 cm³/mol. The number of aromatic nitrogens is 4. The van der Waals surface area contributed by atoms with Crippen LogP contribution in [0.2, 0.25) is 20.1 Å². The molecule has 1 aliphatic rings. The molecule has 0 aliphatic carbocycles. The molecule has 8 nitrogen and oxygen atoms in total. The van der Waals surface area contributed by atoms with Crippen molar-refractivity contribution >= 4 is 74.4 Å². The molecular formula is C34H31Cl4FN8. The summed E-state index contributed by atoms with van der Waals surface area (Å²) in [7, 11) is 0. The molecule has 1 aliphatic heterocycles. The molecule has 47 heavy (non-hydrogen) atoms. The van der Waals surface area contributed by atoms with E-state index in [0.717, 1.165) is 37.6 Å². The molecule has 0 radical (unpaired) electrons. The van der Waals surface area contributed by atoms with Crippen molar-refractivity contribution in [3.63, 3.8) is 0 Å². The second kappa shape index (κ2) is 13.5. The predicted octanol–water partition coefficient (Wildman–Crippen LogP) is 9.83. The van der Waals surface area contributed by atoms with Crippen LogP contribution in [0.1, 0.15) is 62.5 Å². The Kier molecular flexibility index (Phi) is 9.52. The zero-order valence-electron chi connectivity index (χ0n) is 25.8. The zero-order valence-corrected chi connectivity index (χ0v) is 28.9. The molecule has 0 unspecified atom stereocenters. The highest BCUT2D eigenvalue weighted by Crippen LogP contribution is 2.38. The summed E-state index contributed by atoms with van der Waals surface area (Å²) in [5, 5.41) is 27.3. The summed E-state index contributed by atoms with van der Waals surface area (Å²) in [5.74, 6) is -0.636. The van der Waals surface area contributed by atoms with E-state index in [-0.39, 0.29) is 32.9 Å². The van der Waals surface area contributed by atoms with Gasteiger partial charge in [-0.15, -0.1) is 5.10 Å². The van der Waals surface area contributed by atoms with Crippen LogP contribution in [0.5, 0.6) is 0 Å².